The van der Waals surface area contributed by atoms with Crippen molar-refractivity contribution in [1.82, 2.24) is 15.0 Å². The van der Waals surface area contributed by atoms with Crippen LogP contribution in [0.4, 0.5) is 16.7 Å². The van der Waals surface area contributed by atoms with E-state index < -0.39 is 6.03 Å². The smallest absolute Gasteiger partial charge is 0.336 e. The summed E-state index contributed by atoms with van der Waals surface area (Å²) in [6, 6.07) is -0.776. The molecule has 1 aliphatic rings. The molecular weight excluding hydrogens is 266 g/mol. The van der Waals surface area contributed by atoms with Gasteiger partial charge in [0.1, 0.15) is 0 Å². The molecule has 1 fully saturated rings. The van der Waals surface area contributed by atoms with Crippen molar-refractivity contribution in [3.05, 3.63) is 0 Å². The molecule has 0 atom stereocenters. The summed E-state index contributed by atoms with van der Waals surface area (Å²) in [6.45, 7) is 4.60. The molecular formula is C10H17N7O3. The number of ether oxygens (including phenoxy) is 2. The van der Waals surface area contributed by atoms with Crippen molar-refractivity contribution in [2.75, 3.05) is 42.8 Å². The van der Waals surface area contributed by atoms with Crippen molar-refractivity contribution in [3.63, 3.8) is 0 Å². The highest BCUT2D eigenvalue weighted by Gasteiger charge is 2.20. The Labute approximate surface area is 115 Å². The first-order valence-corrected chi connectivity index (χ1v) is 6.17. The van der Waals surface area contributed by atoms with Crippen LogP contribution in [-0.2, 0) is 4.74 Å². The topological polar surface area (TPSA) is 133 Å². The molecule has 0 saturated carbocycles. The second-order valence-electron chi connectivity index (χ2n) is 3.96. The van der Waals surface area contributed by atoms with E-state index in [0.29, 0.717) is 43.9 Å². The summed E-state index contributed by atoms with van der Waals surface area (Å²) >= 11 is 0. The van der Waals surface area contributed by atoms with Crippen molar-refractivity contribution in [2.45, 2.75) is 6.92 Å². The standard InChI is InChI=1S/C10H17N7O3/c1-2-20-10-14-8(16-3-5-19-6-4-16)13-9(15-10)17(12)7(11)18/h2-6,12H2,1H3,(H2,11,18). The molecule has 2 amide bonds. The van der Waals surface area contributed by atoms with Gasteiger partial charge in [-0.05, 0) is 6.92 Å². The van der Waals surface area contributed by atoms with Crippen LogP contribution in [-0.4, -0.2) is 53.9 Å². The zero-order valence-electron chi connectivity index (χ0n) is 11.2. The maximum atomic E-state index is 11.1. The third-order valence-corrected chi connectivity index (χ3v) is 2.61. The molecule has 4 N–H and O–H groups in total. The van der Waals surface area contributed by atoms with E-state index in [2.05, 4.69) is 15.0 Å². The Morgan fingerprint density at radius 2 is 2.10 bits per heavy atom. The molecule has 10 nitrogen and oxygen atoms in total. The van der Waals surface area contributed by atoms with Gasteiger partial charge < -0.3 is 20.1 Å². The number of hydrogen-bond donors (Lipinski definition) is 2. The lowest BCUT2D eigenvalue weighted by atomic mass is 10.4. The number of amides is 2. The summed E-state index contributed by atoms with van der Waals surface area (Å²) in [7, 11) is 0. The molecule has 2 rings (SSSR count). The quantitative estimate of drug-likeness (QED) is 0.402. The molecule has 0 radical (unpaired) electrons. The van der Waals surface area contributed by atoms with Gasteiger partial charge in [0.05, 0.1) is 19.8 Å². The molecule has 2 heterocycles. The molecule has 0 aromatic carbocycles. The number of carbonyl (C=O) groups excluding carboxylic acids is 1. The highest BCUT2D eigenvalue weighted by atomic mass is 16.5. The van der Waals surface area contributed by atoms with Gasteiger partial charge >= 0.3 is 12.0 Å². The fourth-order valence-electron chi connectivity index (χ4n) is 1.64. The van der Waals surface area contributed by atoms with Crippen LogP contribution in [0.3, 0.4) is 0 Å². The zero-order valence-corrected chi connectivity index (χ0v) is 11.2. The van der Waals surface area contributed by atoms with Crippen molar-refractivity contribution >= 4 is 17.9 Å². The Morgan fingerprint density at radius 3 is 2.70 bits per heavy atom. The van der Waals surface area contributed by atoms with Gasteiger partial charge in [0, 0.05) is 13.1 Å². The first kappa shape index (κ1) is 14.2. The molecule has 1 aromatic rings. The average Bonchev–Trinajstić information content (AvgIpc) is 2.47. The largest absolute Gasteiger partial charge is 0.464 e. The van der Waals surface area contributed by atoms with Crippen molar-refractivity contribution < 1.29 is 14.3 Å². The number of nitrogens with zero attached hydrogens (tertiary/aromatic N) is 5. The third-order valence-electron chi connectivity index (χ3n) is 2.61. The van der Waals surface area contributed by atoms with Gasteiger partial charge in [-0.3, -0.25) is 0 Å². The molecule has 1 aliphatic heterocycles. The second-order valence-corrected chi connectivity index (χ2v) is 3.96. The van der Waals surface area contributed by atoms with Gasteiger partial charge in [-0.15, -0.1) is 0 Å². The Morgan fingerprint density at radius 1 is 1.40 bits per heavy atom. The van der Waals surface area contributed by atoms with Gasteiger partial charge in [-0.2, -0.15) is 20.0 Å². The summed E-state index contributed by atoms with van der Waals surface area (Å²) in [5.74, 6) is 5.82. The molecule has 10 heteroatoms. The summed E-state index contributed by atoms with van der Waals surface area (Å²) in [6.07, 6.45) is 0. The molecule has 0 aliphatic carbocycles. The van der Waals surface area contributed by atoms with E-state index in [1.807, 2.05) is 4.90 Å². The molecule has 1 saturated heterocycles. The van der Waals surface area contributed by atoms with E-state index >= 15 is 0 Å². The van der Waals surface area contributed by atoms with Crippen molar-refractivity contribution in [1.29, 1.82) is 0 Å². The summed E-state index contributed by atoms with van der Waals surface area (Å²) < 4.78 is 10.5. The lowest BCUT2D eigenvalue weighted by Crippen LogP contribution is -2.43. The first-order chi connectivity index (χ1) is 9.61. The number of hydrogen-bond acceptors (Lipinski definition) is 8. The van der Waals surface area contributed by atoms with Gasteiger partial charge in [0.2, 0.25) is 5.95 Å². The van der Waals surface area contributed by atoms with Gasteiger partial charge in [-0.25, -0.2) is 10.6 Å². The lowest BCUT2D eigenvalue weighted by molar-refractivity contribution is 0.122. The van der Waals surface area contributed by atoms with E-state index in [-0.39, 0.29) is 12.0 Å². The molecule has 0 bridgehead atoms. The first-order valence-electron chi connectivity index (χ1n) is 6.17. The minimum Gasteiger partial charge on any atom is -0.464 e. The van der Waals surface area contributed by atoms with Crippen LogP contribution >= 0.6 is 0 Å². The predicted octanol–water partition coefficient (Wildman–Crippen LogP) is -1.13. The van der Waals surface area contributed by atoms with Crippen LogP contribution in [0.2, 0.25) is 0 Å². The fourth-order valence-corrected chi connectivity index (χ4v) is 1.64. The minimum atomic E-state index is -0.869. The third kappa shape index (κ3) is 3.22. The monoisotopic (exact) mass is 283 g/mol. The average molecular weight is 283 g/mol. The number of rotatable bonds is 4. The normalized spacial score (nSPS) is 15.0. The van der Waals surface area contributed by atoms with E-state index in [4.69, 9.17) is 21.1 Å². The number of aromatic nitrogens is 3. The van der Waals surface area contributed by atoms with Gasteiger partial charge in [0.15, 0.2) is 0 Å². The predicted molar refractivity (Wildman–Crippen MR) is 70.3 cm³/mol. The zero-order chi connectivity index (χ0) is 14.5. The molecule has 1 aromatic heterocycles. The summed E-state index contributed by atoms with van der Waals surface area (Å²) in [5.41, 5.74) is 5.11. The highest BCUT2D eigenvalue weighted by Crippen LogP contribution is 2.17. The van der Waals surface area contributed by atoms with Crippen LogP contribution in [0.5, 0.6) is 6.01 Å². The Hall–Kier alpha value is -2.20. The summed E-state index contributed by atoms with van der Waals surface area (Å²) in [4.78, 5) is 25.2. The minimum absolute atomic E-state index is 0.0579. The number of carbonyl (C=O) groups is 1. The molecule has 0 spiro atoms. The number of urea groups is 1. The highest BCUT2D eigenvalue weighted by molar-refractivity contribution is 5.87. The van der Waals surface area contributed by atoms with Crippen LogP contribution in [0.1, 0.15) is 6.92 Å². The van der Waals surface area contributed by atoms with Crippen LogP contribution in [0.25, 0.3) is 0 Å². The van der Waals surface area contributed by atoms with Crippen LogP contribution in [0.15, 0.2) is 0 Å². The molecule has 0 unspecified atom stereocenters. The van der Waals surface area contributed by atoms with E-state index in [9.17, 15) is 4.79 Å². The van der Waals surface area contributed by atoms with Crippen molar-refractivity contribution in [2.24, 2.45) is 11.6 Å². The van der Waals surface area contributed by atoms with Crippen LogP contribution in [0, 0.1) is 0 Å². The van der Waals surface area contributed by atoms with Crippen molar-refractivity contribution in [3.8, 4) is 6.01 Å². The van der Waals surface area contributed by atoms with E-state index in [1.165, 1.54) is 0 Å². The van der Waals surface area contributed by atoms with Crippen LogP contribution < -0.4 is 26.2 Å². The van der Waals surface area contributed by atoms with E-state index in [0.717, 1.165) is 0 Å². The summed E-state index contributed by atoms with van der Waals surface area (Å²) in [5, 5.41) is 0.647. The molecule has 110 valence electrons. The number of morpholine rings is 1. The fraction of sp³-hybridized carbons (Fsp3) is 0.600. The molecule has 20 heavy (non-hydrogen) atoms. The number of nitrogens with two attached hydrogens (primary N) is 2. The number of primary amides is 1. The maximum Gasteiger partial charge on any atom is 0.336 e. The number of hydrazine groups is 1. The van der Waals surface area contributed by atoms with E-state index in [1.54, 1.807) is 6.92 Å². The second kappa shape index (κ2) is 6.30. The Kier molecular flexibility index (Phi) is 4.48. The number of anilines is 2. The maximum absolute atomic E-state index is 11.1. The van der Waals surface area contributed by atoms with Gasteiger partial charge in [0.25, 0.3) is 5.95 Å². The lowest BCUT2D eigenvalue weighted by Gasteiger charge is -2.27. The Balaban J connectivity index is 2.31. The Bertz CT molecular complexity index is 478. The van der Waals surface area contributed by atoms with Gasteiger partial charge in [-0.1, -0.05) is 0 Å². The SMILES string of the molecule is CCOc1nc(N2CCOCC2)nc(N(N)C(N)=O)n1.